The first-order chi connectivity index (χ1) is 19.5. The van der Waals surface area contributed by atoms with E-state index in [1.807, 2.05) is 44.2 Å². The fourth-order valence-electron chi connectivity index (χ4n) is 4.05. The van der Waals surface area contributed by atoms with Gasteiger partial charge < -0.3 is 14.6 Å². The van der Waals surface area contributed by atoms with E-state index in [0.717, 1.165) is 30.6 Å². The third kappa shape index (κ3) is 11.4. The Hall–Kier alpha value is -3.05. The fourth-order valence-corrected chi connectivity index (χ4v) is 8.39. The van der Waals surface area contributed by atoms with Gasteiger partial charge in [-0.3, -0.25) is 4.79 Å². The van der Waals surface area contributed by atoms with Crippen LogP contribution < -0.4 is 13.2 Å². The molecule has 0 fully saturated rings. The van der Waals surface area contributed by atoms with Gasteiger partial charge in [0.05, 0.1) is 30.9 Å². The molecule has 0 aliphatic rings. The number of aryl methyl sites for hydroxylation is 1. The lowest BCUT2D eigenvalue weighted by Crippen LogP contribution is -2.40. The molecule has 11 heteroatoms. The highest BCUT2D eigenvalue weighted by Gasteiger charge is 2.34. The quantitative estimate of drug-likeness (QED) is 0.180. The highest BCUT2D eigenvalue weighted by molar-refractivity contribution is 8.10. The molecule has 0 amide bonds. The van der Waals surface area contributed by atoms with Gasteiger partial charge in [-0.15, -0.1) is 0 Å². The Balaban J connectivity index is 2.16. The van der Waals surface area contributed by atoms with Crippen molar-refractivity contribution in [1.82, 2.24) is 0 Å². The number of anilines is 1. The smallest absolute Gasteiger partial charge is 0.303 e. The summed E-state index contributed by atoms with van der Waals surface area (Å²) in [6.45, 7) is 4.04. The molecular formula is C30H43NO8S2. The number of allylic oxidation sites excluding steroid dienone is 1. The third-order valence-corrected chi connectivity index (χ3v) is 10.7. The maximum absolute atomic E-state index is 13.2. The molecule has 2 aromatic carbocycles. The Morgan fingerprint density at radius 2 is 1.54 bits per heavy atom. The number of carbonyl (C=O) groups is 1. The first-order valence-electron chi connectivity index (χ1n) is 14.1. The van der Waals surface area contributed by atoms with Gasteiger partial charge in [0.2, 0.25) is 20.0 Å². The van der Waals surface area contributed by atoms with E-state index in [9.17, 15) is 26.7 Å². The van der Waals surface area contributed by atoms with E-state index in [0.29, 0.717) is 47.3 Å². The molecule has 2 rings (SSSR count). The standard InChI is InChI=1S/C30H43NO8S2/c1-4-6-22-40(34,35)31(41(36,37)23-7-5-2)27-16-19-29(26(24-27)15-20-30(32)33)39-21-11-9-8-10-12-25-13-17-28(38-3)18-14-25/h10,12-14,16-19,24H,4-9,11,15,20-23H2,1-3H3,(H,32,33). The molecule has 0 aromatic heterocycles. The minimum atomic E-state index is -4.16. The van der Waals surface area contributed by atoms with Gasteiger partial charge in [0.25, 0.3) is 0 Å². The summed E-state index contributed by atoms with van der Waals surface area (Å²) < 4.78 is 64.4. The molecule has 0 atom stereocenters. The number of hydrogen-bond acceptors (Lipinski definition) is 7. The fraction of sp³-hybridized carbons (Fsp3) is 0.500. The molecular weight excluding hydrogens is 566 g/mol. The van der Waals surface area contributed by atoms with Crippen LogP contribution in [0.15, 0.2) is 48.5 Å². The highest BCUT2D eigenvalue weighted by Crippen LogP contribution is 2.31. The van der Waals surface area contributed by atoms with Crippen LogP contribution in [0.1, 0.15) is 76.3 Å². The SMILES string of the molecule is CCCCS(=O)(=O)N(c1ccc(OCCCCC=Cc2ccc(OC)cc2)c(CCC(=O)O)c1)S(=O)(=O)CCCC. The van der Waals surface area contributed by atoms with Gasteiger partial charge in [-0.25, -0.2) is 16.8 Å². The number of sulfonamides is 2. The number of unbranched alkanes of at least 4 members (excludes halogenated alkanes) is 4. The summed E-state index contributed by atoms with van der Waals surface area (Å²) in [4.78, 5) is 11.3. The Kier molecular flexibility index (Phi) is 14.2. The monoisotopic (exact) mass is 609 g/mol. The van der Waals surface area contributed by atoms with Gasteiger partial charge in [-0.2, -0.15) is 3.71 Å². The average Bonchev–Trinajstić information content (AvgIpc) is 2.94. The second kappa shape index (κ2) is 17.0. The lowest BCUT2D eigenvalue weighted by molar-refractivity contribution is -0.136. The lowest BCUT2D eigenvalue weighted by Gasteiger charge is -2.25. The molecule has 1 N–H and O–H groups in total. The van der Waals surface area contributed by atoms with Crippen LogP contribution in [0.4, 0.5) is 5.69 Å². The van der Waals surface area contributed by atoms with Crippen molar-refractivity contribution in [2.24, 2.45) is 0 Å². The van der Waals surface area contributed by atoms with E-state index in [2.05, 4.69) is 6.08 Å². The van der Waals surface area contributed by atoms with Gasteiger partial charge in [0.15, 0.2) is 0 Å². The van der Waals surface area contributed by atoms with Crippen molar-refractivity contribution >= 4 is 37.8 Å². The molecule has 0 unspecified atom stereocenters. The molecule has 0 radical (unpaired) electrons. The minimum absolute atomic E-state index is 0.0198. The van der Waals surface area contributed by atoms with Crippen molar-refractivity contribution in [3.05, 3.63) is 59.7 Å². The molecule has 228 valence electrons. The highest BCUT2D eigenvalue weighted by atomic mass is 32.3. The Labute approximate surface area is 245 Å². The van der Waals surface area contributed by atoms with Gasteiger partial charge >= 0.3 is 5.97 Å². The number of methoxy groups -OCH3 is 1. The van der Waals surface area contributed by atoms with Crippen molar-refractivity contribution in [3.63, 3.8) is 0 Å². The number of benzene rings is 2. The number of ether oxygens (including phenoxy) is 2. The predicted molar refractivity (Wildman–Crippen MR) is 164 cm³/mol. The lowest BCUT2D eigenvalue weighted by atomic mass is 10.1. The Morgan fingerprint density at radius 3 is 2.10 bits per heavy atom. The second-order valence-electron chi connectivity index (χ2n) is 9.74. The molecule has 0 aliphatic heterocycles. The van der Waals surface area contributed by atoms with E-state index in [-0.39, 0.29) is 30.0 Å². The zero-order valence-electron chi connectivity index (χ0n) is 24.3. The summed E-state index contributed by atoms with van der Waals surface area (Å²) in [7, 11) is -6.70. The summed E-state index contributed by atoms with van der Waals surface area (Å²) >= 11 is 0. The molecule has 0 spiro atoms. The third-order valence-electron chi connectivity index (χ3n) is 6.33. The average molecular weight is 610 g/mol. The zero-order valence-corrected chi connectivity index (χ0v) is 25.9. The second-order valence-corrected chi connectivity index (χ2v) is 13.8. The summed E-state index contributed by atoms with van der Waals surface area (Å²) in [5.41, 5.74) is 1.51. The van der Waals surface area contributed by atoms with Gasteiger partial charge in [-0.05, 0) is 80.0 Å². The number of aliphatic carboxylic acids is 1. The first-order valence-corrected chi connectivity index (χ1v) is 17.3. The van der Waals surface area contributed by atoms with Crippen LogP contribution in [0.25, 0.3) is 6.08 Å². The van der Waals surface area contributed by atoms with Crippen LogP contribution in [0, 0.1) is 0 Å². The molecule has 0 aliphatic carbocycles. The van der Waals surface area contributed by atoms with E-state index in [1.54, 1.807) is 7.11 Å². The van der Waals surface area contributed by atoms with Crippen LogP contribution >= 0.6 is 0 Å². The molecule has 2 aromatic rings. The zero-order chi connectivity index (χ0) is 30.3. The van der Waals surface area contributed by atoms with E-state index in [1.165, 1.54) is 18.2 Å². The summed E-state index contributed by atoms with van der Waals surface area (Å²) in [6, 6.07) is 12.2. The van der Waals surface area contributed by atoms with Crippen LogP contribution in [0.2, 0.25) is 0 Å². The van der Waals surface area contributed by atoms with Crippen molar-refractivity contribution in [2.75, 3.05) is 28.9 Å². The van der Waals surface area contributed by atoms with Crippen LogP contribution in [0.3, 0.4) is 0 Å². The van der Waals surface area contributed by atoms with Gasteiger partial charge in [0, 0.05) is 6.42 Å². The predicted octanol–water partition coefficient (Wildman–Crippen LogP) is 6.04. The van der Waals surface area contributed by atoms with E-state index < -0.39 is 26.0 Å². The van der Waals surface area contributed by atoms with E-state index in [4.69, 9.17) is 9.47 Å². The molecule has 0 saturated heterocycles. The van der Waals surface area contributed by atoms with Crippen molar-refractivity contribution in [2.45, 2.75) is 71.6 Å². The van der Waals surface area contributed by atoms with E-state index >= 15 is 0 Å². The summed E-state index contributed by atoms with van der Waals surface area (Å²) in [5, 5.41) is 9.25. The number of carboxylic acids is 1. The number of carboxylic acid groups (broad SMARTS) is 1. The van der Waals surface area contributed by atoms with Crippen LogP contribution in [-0.2, 0) is 31.3 Å². The topological polar surface area (TPSA) is 127 Å². The van der Waals surface area contributed by atoms with Crippen molar-refractivity contribution in [1.29, 1.82) is 0 Å². The van der Waals surface area contributed by atoms with Crippen LogP contribution in [-0.4, -0.2) is 53.1 Å². The molecule has 9 nitrogen and oxygen atoms in total. The van der Waals surface area contributed by atoms with Gasteiger partial charge in [0.1, 0.15) is 11.5 Å². The maximum Gasteiger partial charge on any atom is 0.303 e. The number of hydrogen-bond donors (Lipinski definition) is 1. The Bertz CT molecular complexity index is 1300. The minimum Gasteiger partial charge on any atom is -0.497 e. The first kappa shape index (κ1) is 34.2. The molecule has 41 heavy (non-hydrogen) atoms. The van der Waals surface area contributed by atoms with Crippen LogP contribution in [0.5, 0.6) is 11.5 Å². The van der Waals surface area contributed by atoms with Gasteiger partial charge in [-0.1, -0.05) is 51.0 Å². The summed E-state index contributed by atoms with van der Waals surface area (Å²) in [5.74, 6) is -0.401. The summed E-state index contributed by atoms with van der Waals surface area (Å²) in [6.07, 6.45) is 8.28. The largest absolute Gasteiger partial charge is 0.497 e. The molecule has 0 bridgehead atoms. The Morgan fingerprint density at radius 1 is 0.902 bits per heavy atom. The normalized spacial score (nSPS) is 12.0. The number of rotatable bonds is 20. The molecule has 0 saturated carbocycles. The van der Waals surface area contributed by atoms with Crippen molar-refractivity contribution in [3.8, 4) is 11.5 Å². The molecule has 0 heterocycles. The van der Waals surface area contributed by atoms with Crippen molar-refractivity contribution < 1.29 is 36.2 Å². The maximum atomic E-state index is 13.2. The number of nitrogens with zero attached hydrogens (tertiary/aromatic N) is 1.